The van der Waals surface area contributed by atoms with E-state index < -0.39 is 5.97 Å². The average Bonchev–Trinajstić information content (AvgIpc) is 2.85. The standard InChI is InChI=1S/C25H28N6O2S/c1-3-10-31-21-15-17(24(32)33)4-9-20(21)23-22(34-31)16-26-25(28-23)27-18-5-7-19(8-6-18)30-13-11-29(2)12-14-30/h4-9,15-16H,3,10-14H2,1-2H3,(H,32,33)(H,26,27,28). The minimum absolute atomic E-state index is 0.275. The number of hydrogen-bond acceptors (Lipinski definition) is 8. The van der Waals surface area contributed by atoms with Crippen LogP contribution in [0.4, 0.5) is 23.0 Å². The number of piperazine rings is 1. The molecule has 9 heteroatoms. The number of carbonyl (C=O) groups is 1. The molecule has 0 spiro atoms. The second-order valence-corrected chi connectivity index (χ2v) is 9.66. The zero-order valence-corrected chi connectivity index (χ0v) is 20.2. The number of hydrogen-bond donors (Lipinski definition) is 2. The molecule has 0 amide bonds. The van der Waals surface area contributed by atoms with Crippen LogP contribution < -0.4 is 14.5 Å². The van der Waals surface area contributed by atoms with Crippen LogP contribution in [0.2, 0.25) is 0 Å². The van der Waals surface area contributed by atoms with Gasteiger partial charge in [-0.05, 0) is 67.9 Å². The van der Waals surface area contributed by atoms with Crippen LogP contribution in [0.1, 0.15) is 23.7 Å². The number of benzene rings is 2. The van der Waals surface area contributed by atoms with Gasteiger partial charge >= 0.3 is 5.97 Å². The molecule has 3 heterocycles. The molecule has 5 rings (SSSR count). The SMILES string of the molecule is CCCN1Sc2cnc(Nc3ccc(N4CCN(C)CC4)cc3)nc2-c2ccc(C(=O)O)cc21. The molecule has 1 fully saturated rings. The van der Waals surface area contributed by atoms with Gasteiger partial charge in [-0.15, -0.1) is 0 Å². The highest BCUT2D eigenvalue weighted by Crippen LogP contribution is 2.46. The summed E-state index contributed by atoms with van der Waals surface area (Å²) in [4.78, 5) is 26.6. The Balaban J connectivity index is 1.39. The third-order valence-electron chi connectivity index (χ3n) is 6.15. The fourth-order valence-electron chi connectivity index (χ4n) is 4.25. The molecule has 2 aliphatic rings. The highest BCUT2D eigenvalue weighted by atomic mass is 32.2. The van der Waals surface area contributed by atoms with Crippen LogP contribution in [0.5, 0.6) is 0 Å². The van der Waals surface area contributed by atoms with Crippen molar-refractivity contribution in [1.82, 2.24) is 14.9 Å². The lowest BCUT2D eigenvalue weighted by atomic mass is 10.1. The maximum Gasteiger partial charge on any atom is 0.335 e. The number of carboxylic acid groups (broad SMARTS) is 1. The zero-order chi connectivity index (χ0) is 23.7. The lowest BCUT2D eigenvalue weighted by molar-refractivity contribution is 0.0697. The van der Waals surface area contributed by atoms with E-state index in [2.05, 4.69) is 62.6 Å². The number of aromatic nitrogens is 2. The summed E-state index contributed by atoms with van der Waals surface area (Å²) >= 11 is 1.56. The monoisotopic (exact) mass is 476 g/mol. The van der Waals surface area contributed by atoms with Gasteiger partial charge in [-0.2, -0.15) is 0 Å². The Morgan fingerprint density at radius 3 is 2.59 bits per heavy atom. The molecule has 0 radical (unpaired) electrons. The van der Waals surface area contributed by atoms with Crippen molar-refractivity contribution in [3.05, 3.63) is 54.2 Å². The van der Waals surface area contributed by atoms with Crippen molar-refractivity contribution in [3.8, 4) is 11.3 Å². The molecular formula is C25H28N6O2S. The van der Waals surface area contributed by atoms with E-state index in [4.69, 9.17) is 4.98 Å². The van der Waals surface area contributed by atoms with E-state index in [1.807, 2.05) is 12.3 Å². The van der Waals surface area contributed by atoms with Gasteiger partial charge in [-0.3, -0.25) is 0 Å². The van der Waals surface area contributed by atoms with E-state index >= 15 is 0 Å². The first kappa shape index (κ1) is 22.5. The van der Waals surface area contributed by atoms with Gasteiger partial charge in [-0.1, -0.05) is 6.92 Å². The Bertz CT molecular complexity index is 1190. The Morgan fingerprint density at radius 2 is 1.88 bits per heavy atom. The molecule has 0 unspecified atom stereocenters. The second-order valence-electron chi connectivity index (χ2n) is 8.60. The number of likely N-dealkylation sites (N-methyl/N-ethyl adjacent to an activating group) is 1. The molecule has 2 aromatic carbocycles. The van der Waals surface area contributed by atoms with E-state index in [1.54, 1.807) is 24.1 Å². The van der Waals surface area contributed by atoms with Crippen LogP contribution in [0.15, 0.2) is 53.6 Å². The number of anilines is 4. The summed E-state index contributed by atoms with van der Waals surface area (Å²) in [5.74, 6) is -0.413. The third-order valence-corrected chi connectivity index (χ3v) is 7.25. The summed E-state index contributed by atoms with van der Waals surface area (Å²) in [6, 6.07) is 13.6. The minimum Gasteiger partial charge on any atom is -0.478 e. The molecule has 1 saturated heterocycles. The first-order valence-corrected chi connectivity index (χ1v) is 12.3. The van der Waals surface area contributed by atoms with Gasteiger partial charge in [-0.25, -0.2) is 14.8 Å². The van der Waals surface area contributed by atoms with Crippen molar-refractivity contribution in [2.45, 2.75) is 18.2 Å². The van der Waals surface area contributed by atoms with E-state index in [0.717, 1.165) is 66.7 Å². The van der Waals surface area contributed by atoms with E-state index in [-0.39, 0.29) is 5.56 Å². The molecule has 0 saturated carbocycles. The molecule has 1 aromatic heterocycles. The van der Waals surface area contributed by atoms with E-state index in [9.17, 15) is 9.90 Å². The van der Waals surface area contributed by atoms with E-state index in [1.165, 1.54) is 5.69 Å². The van der Waals surface area contributed by atoms with Crippen molar-refractivity contribution in [1.29, 1.82) is 0 Å². The Morgan fingerprint density at radius 1 is 1.12 bits per heavy atom. The van der Waals surface area contributed by atoms with Gasteiger partial charge in [0.2, 0.25) is 5.95 Å². The van der Waals surface area contributed by atoms with Crippen molar-refractivity contribution in [3.63, 3.8) is 0 Å². The molecule has 34 heavy (non-hydrogen) atoms. The fourth-order valence-corrected chi connectivity index (χ4v) is 5.35. The van der Waals surface area contributed by atoms with Gasteiger partial charge in [0.25, 0.3) is 0 Å². The van der Waals surface area contributed by atoms with Crippen LogP contribution in [0.3, 0.4) is 0 Å². The van der Waals surface area contributed by atoms with E-state index in [0.29, 0.717) is 5.95 Å². The van der Waals surface area contributed by atoms with Crippen molar-refractivity contribution >= 4 is 40.9 Å². The maximum absolute atomic E-state index is 11.5. The quantitative estimate of drug-likeness (QED) is 0.497. The van der Waals surface area contributed by atoms with Crippen LogP contribution in [-0.4, -0.2) is 65.7 Å². The summed E-state index contributed by atoms with van der Waals surface area (Å²) in [7, 11) is 2.16. The van der Waals surface area contributed by atoms with Crippen molar-refractivity contribution < 1.29 is 9.90 Å². The molecule has 3 aromatic rings. The fraction of sp³-hybridized carbons (Fsp3) is 0.320. The molecule has 0 aliphatic carbocycles. The first-order chi connectivity index (χ1) is 16.5. The maximum atomic E-state index is 11.5. The lowest BCUT2D eigenvalue weighted by Crippen LogP contribution is -2.44. The highest BCUT2D eigenvalue weighted by Gasteiger charge is 2.26. The lowest BCUT2D eigenvalue weighted by Gasteiger charge is -2.34. The smallest absolute Gasteiger partial charge is 0.335 e. The topological polar surface area (TPSA) is 84.8 Å². The van der Waals surface area contributed by atoms with Gasteiger partial charge in [0.1, 0.15) is 0 Å². The normalized spacial score (nSPS) is 15.6. The number of nitrogens with one attached hydrogen (secondary N) is 1. The minimum atomic E-state index is -0.930. The summed E-state index contributed by atoms with van der Waals surface area (Å²) in [6.45, 7) is 7.13. The number of rotatable bonds is 6. The molecule has 2 N–H and O–H groups in total. The molecule has 176 valence electrons. The summed E-state index contributed by atoms with van der Waals surface area (Å²) in [6.07, 6.45) is 2.79. The molecule has 0 bridgehead atoms. The van der Waals surface area contributed by atoms with Crippen molar-refractivity contribution in [2.75, 3.05) is 54.3 Å². The molecular weight excluding hydrogens is 448 g/mol. The summed E-state index contributed by atoms with van der Waals surface area (Å²) in [5.41, 5.74) is 5.03. The largest absolute Gasteiger partial charge is 0.478 e. The first-order valence-electron chi connectivity index (χ1n) is 11.5. The zero-order valence-electron chi connectivity index (χ0n) is 19.4. The average molecular weight is 477 g/mol. The summed E-state index contributed by atoms with van der Waals surface area (Å²) in [5, 5.41) is 12.8. The number of fused-ring (bicyclic) bond motifs is 3. The van der Waals surface area contributed by atoms with Crippen LogP contribution in [0, 0.1) is 0 Å². The van der Waals surface area contributed by atoms with Gasteiger partial charge in [0, 0.05) is 55.9 Å². The van der Waals surface area contributed by atoms with Crippen LogP contribution in [0.25, 0.3) is 11.3 Å². The van der Waals surface area contributed by atoms with Crippen LogP contribution >= 0.6 is 11.9 Å². The van der Waals surface area contributed by atoms with Crippen molar-refractivity contribution in [2.24, 2.45) is 0 Å². The Kier molecular flexibility index (Phi) is 6.30. The third kappa shape index (κ3) is 4.53. The second kappa shape index (κ2) is 9.52. The highest BCUT2D eigenvalue weighted by molar-refractivity contribution is 8.00. The van der Waals surface area contributed by atoms with Gasteiger partial charge in [0.05, 0.1) is 21.8 Å². The number of carboxylic acids is 1. The Labute approximate surface area is 203 Å². The van der Waals surface area contributed by atoms with Gasteiger partial charge < -0.3 is 24.5 Å². The molecule has 0 atom stereocenters. The van der Waals surface area contributed by atoms with Gasteiger partial charge in [0.15, 0.2) is 0 Å². The number of nitrogens with zero attached hydrogens (tertiary/aromatic N) is 5. The predicted octanol–water partition coefficient (Wildman–Crippen LogP) is 4.57. The number of aromatic carboxylic acids is 1. The predicted molar refractivity (Wildman–Crippen MR) is 137 cm³/mol. The molecule has 8 nitrogen and oxygen atoms in total. The summed E-state index contributed by atoms with van der Waals surface area (Å²) < 4.78 is 2.12. The Hall–Kier alpha value is -3.30. The molecule has 2 aliphatic heterocycles. The van der Waals surface area contributed by atoms with Crippen LogP contribution in [-0.2, 0) is 0 Å².